The Labute approximate surface area is 130 Å². The number of carbonyl (C=O) groups is 2. The normalized spacial score (nSPS) is 26.1. The summed E-state index contributed by atoms with van der Waals surface area (Å²) in [5, 5.41) is 0. The second-order valence-corrected chi connectivity index (χ2v) is 5.97. The number of likely N-dealkylation sites (tertiary alicyclic amines) is 1. The summed E-state index contributed by atoms with van der Waals surface area (Å²) in [6.45, 7) is 1.94. The van der Waals surface area contributed by atoms with Gasteiger partial charge in [-0.2, -0.15) is 0 Å². The Kier molecular flexibility index (Phi) is 4.11. The Morgan fingerprint density at radius 1 is 1.32 bits per heavy atom. The van der Waals surface area contributed by atoms with Gasteiger partial charge in [0.25, 0.3) is 11.8 Å². The SMILES string of the molecule is CN1CCCCC2(CN(C(=O)c3ccccn3)CCO2)C1=O. The Balaban J connectivity index is 1.81. The van der Waals surface area contributed by atoms with Crippen LogP contribution in [0.15, 0.2) is 24.4 Å². The molecule has 1 unspecified atom stereocenters. The third-order valence-corrected chi connectivity index (χ3v) is 4.42. The molecule has 2 aliphatic heterocycles. The van der Waals surface area contributed by atoms with Crippen LogP contribution in [-0.4, -0.2) is 65.5 Å². The number of carbonyl (C=O) groups excluding carboxylic acids is 2. The van der Waals surface area contributed by atoms with Gasteiger partial charge in [0.2, 0.25) is 0 Å². The van der Waals surface area contributed by atoms with E-state index < -0.39 is 5.60 Å². The van der Waals surface area contributed by atoms with Gasteiger partial charge in [-0.25, -0.2) is 0 Å². The minimum absolute atomic E-state index is 0.0106. The maximum atomic E-state index is 12.7. The zero-order chi connectivity index (χ0) is 15.6. The molecule has 2 fully saturated rings. The number of hydrogen-bond donors (Lipinski definition) is 0. The van der Waals surface area contributed by atoms with Gasteiger partial charge in [0, 0.05) is 26.3 Å². The Bertz CT molecular complexity index is 563. The van der Waals surface area contributed by atoms with Crippen molar-refractivity contribution in [3.63, 3.8) is 0 Å². The Morgan fingerprint density at radius 2 is 2.18 bits per heavy atom. The van der Waals surface area contributed by atoms with E-state index in [1.807, 2.05) is 0 Å². The quantitative estimate of drug-likeness (QED) is 0.774. The highest BCUT2D eigenvalue weighted by molar-refractivity contribution is 5.93. The summed E-state index contributed by atoms with van der Waals surface area (Å²) in [6.07, 6.45) is 4.18. The maximum Gasteiger partial charge on any atom is 0.272 e. The zero-order valence-corrected chi connectivity index (χ0v) is 12.8. The lowest BCUT2D eigenvalue weighted by atomic mass is 9.94. The molecule has 1 atom stereocenters. The molecule has 0 bridgehead atoms. The molecular formula is C16H21N3O3. The first-order valence-electron chi connectivity index (χ1n) is 7.72. The summed E-state index contributed by atoms with van der Waals surface area (Å²) in [4.78, 5) is 32.8. The molecule has 2 saturated heterocycles. The van der Waals surface area contributed by atoms with Gasteiger partial charge in [0.1, 0.15) is 5.69 Å². The number of aromatic nitrogens is 1. The van der Waals surface area contributed by atoms with E-state index in [1.54, 1.807) is 41.2 Å². The summed E-state index contributed by atoms with van der Waals surface area (Å²) in [5.41, 5.74) is -0.470. The molecule has 0 N–H and O–H groups in total. The van der Waals surface area contributed by atoms with E-state index in [4.69, 9.17) is 4.74 Å². The van der Waals surface area contributed by atoms with Crippen molar-refractivity contribution in [2.45, 2.75) is 24.9 Å². The monoisotopic (exact) mass is 303 g/mol. The van der Waals surface area contributed by atoms with Crippen LogP contribution >= 0.6 is 0 Å². The van der Waals surface area contributed by atoms with Gasteiger partial charge in [-0.3, -0.25) is 14.6 Å². The van der Waals surface area contributed by atoms with Crippen molar-refractivity contribution in [2.24, 2.45) is 0 Å². The molecule has 2 aliphatic rings. The van der Waals surface area contributed by atoms with Crippen LogP contribution in [0.2, 0.25) is 0 Å². The third kappa shape index (κ3) is 2.70. The summed E-state index contributed by atoms with van der Waals surface area (Å²) in [7, 11) is 1.80. The van der Waals surface area contributed by atoms with Gasteiger partial charge >= 0.3 is 0 Å². The minimum Gasteiger partial charge on any atom is -0.361 e. The smallest absolute Gasteiger partial charge is 0.272 e. The van der Waals surface area contributed by atoms with Gasteiger partial charge in [-0.15, -0.1) is 0 Å². The summed E-state index contributed by atoms with van der Waals surface area (Å²) < 4.78 is 5.88. The first kappa shape index (κ1) is 15.0. The minimum atomic E-state index is -0.881. The van der Waals surface area contributed by atoms with Gasteiger partial charge in [-0.05, 0) is 31.4 Å². The maximum absolute atomic E-state index is 12.7. The topological polar surface area (TPSA) is 62.7 Å². The number of rotatable bonds is 1. The third-order valence-electron chi connectivity index (χ3n) is 4.42. The summed E-state index contributed by atoms with van der Waals surface area (Å²) in [5.74, 6) is -0.147. The van der Waals surface area contributed by atoms with Gasteiger partial charge < -0.3 is 14.5 Å². The molecule has 2 amide bonds. The highest BCUT2D eigenvalue weighted by atomic mass is 16.5. The molecule has 1 aromatic rings. The van der Waals surface area contributed by atoms with Gasteiger partial charge in [0.15, 0.2) is 5.60 Å². The Morgan fingerprint density at radius 3 is 2.95 bits per heavy atom. The predicted molar refractivity (Wildman–Crippen MR) is 80.3 cm³/mol. The average Bonchev–Trinajstić information content (AvgIpc) is 2.69. The molecule has 1 aromatic heterocycles. The fourth-order valence-corrected chi connectivity index (χ4v) is 3.21. The lowest BCUT2D eigenvalue weighted by Gasteiger charge is -2.42. The lowest BCUT2D eigenvalue weighted by Crippen LogP contribution is -2.60. The van der Waals surface area contributed by atoms with Crippen LogP contribution in [0.25, 0.3) is 0 Å². The van der Waals surface area contributed by atoms with Crippen molar-refractivity contribution < 1.29 is 14.3 Å². The van der Waals surface area contributed by atoms with Crippen LogP contribution in [0.1, 0.15) is 29.8 Å². The van der Waals surface area contributed by atoms with Crippen molar-refractivity contribution in [1.82, 2.24) is 14.8 Å². The fourth-order valence-electron chi connectivity index (χ4n) is 3.21. The summed E-state index contributed by atoms with van der Waals surface area (Å²) >= 11 is 0. The molecule has 0 radical (unpaired) electrons. The molecule has 3 rings (SSSR count). The number of likely N-dealkylation sites (N-methyl/N-ethyl adjacent to an activating group) is 1. The lowest BCUT2D eigenvalue weighted by molar-refractivity contribution is -0.166. The van der Waals surface area contributed by atoms with Crippen LogP contribution in [-0.2, 0) is 9.53 Å². The van der Waals surface area contributed by atoms with Crippen LogP contribution in [0, 0.1) is 0 Å². The first-order chi connectivity index (χ1) is 10.6. The van der Waals surface area contributed by atoms with E-state index in [-0.39, 0.29) is 11.8 Å². The zero-order valence-electron chi connectivity index (χ0n) is 12.8. The molecule has 22 heavy (non-hydrogen) atoms. The van der Waals surface area contributed by atoms with Crippen molar-refractivity contribution in [1.29, 1.82) is 0 Å². The second kappa shape index (κ2) is 6.04. The molecule has 3 heterocycles. The van der Waals surface area contributed by atoms with Gasteiger partial charge in [0.05, 0.1) is 13.2 Å². The number of pyridine rings is 1. The number of amides is 2. The highest BCUT2D eigenvalue weighted by Crippen LogP contribution is 2.29. The number of nitrogens with zero attached hydrogens (tertiary/aromatic N) is 3. The van der Waals surface area contributed by atoms with Crippen LogP contribution in [0.5, 0.6) is 0 Å². The van der Waals surface area contributed by atoms with Crippen LogP contribution < -0.4 is 0 Å². The number of ether oxygens (including phenoxy) is 1. The van der Waals surface area contributed by atoms with E-state index in [2.05, 4.69) is 4.98 Å². The molecule has 1 spiro atoms. The molecule has 0 aliphatic carbocycles. The number of morpholine rings is 1. The second-order valence-electron chi connectivity index (χ2n) is 5.97. The first-order valence-corrected chi connectivity index (χ1v) is 7.72. The molecular weight excluding hydrogens is 282 g/mol. The van der Waals surface area contributed by atoms with E-state index >= 15 is 0 Å². The van der Waals surface area contributed by atoms with E-state index in [9.17, 15) is 9.59 Å². The van der Waals surface area contributed by atoms with Crippen molar-refractivity contribution in [3.8, 4) is 0 Å². The highest BCUT2D eigenvalue weighted by Gasteiger charge is 2.47. The van der Waals surface area contributed by atoms with E-state index in [0.717, 1.165) is 19.4 Å². The van der Waals surface area contributed by atoms with Crippen LogP contribution in [0.4, 0.5) is 0 Å². The van der Waals surface area contributed by atoms with Crippen molar-refractivity contribution in [3.05, 3.63) is 30.1 Å². The summed E-state index contributed by atoms with van der Waals surface area (Å²) in [6, 6.07) is 5.27. The molecule has 0 aromatic carbocycles. The molecule has 118 valence electrons. The van der Waals surface area contributed by atoms with E-state index in [0.29, 0.717) is 31.8 Å². The molecule has 6 nitrogen and oxygen atoms in total. The largest absolute Gasteiger partial charge is 0.361 e. The van der Waals surface area contributed by atoms with Crippen molar-refractivity contribution >= 4 is 11.8 Å². The fraction of sp³-hybridized carbons (Fsp3) is 0.562. The van der Waals surface area contributed by atoms with Crippen molar-refractivity contribution in [2.75, 3.05) is 33.3 Å². The standard InChI is InChI=1S/C16H21N3O3/c1-18-9-5-3-7-16(15(18)21)12-19(10-11-22-16)14(20)13-6-2-4-8-17-13/h2,4,6,8H,3,5,7,9-12H2,1H3. The molecule has 6 heteroatoms. The Hall–Kier alpha value is -1.95. The predicted octanol–water partition coefficient (Wildman–Crippen LogP) is 0.935. The average molecular weight is 303 g/mol. The number of hydrogen-bond acceptors (Lipinski definition) is 4. The molecule has 0 saturated carbocycles. The van der Waals surface area contributed by atoms with Gasteiger partial charge in [-0.1, -0.05) is 6.07 Å². The van der Waals surface area contributed by atoms with E-state index in [1.165, 1.54) is 0 Å². The van der Waals surface area contributed by atoms with Crippen LogP contribution in [0.3, 0.4) is 0 Å².